The third kappa shape index (κ3) is 4.70. The normalized spacial score (nSPS) is 10.3. The molecule has 7 heteroatoms. The first-order valence-corrected chi connectivity index (χ1v) is 8.63. The predicted molar refractivity (Wildman–Crippen MR) is 105 cm³/mol. The molecule has 0 saturated heterocycles. The van der Waals surface area contributed by atoms with E-state index in [0.717, 1.165) is 12.1 Å². The van der Waals surface area contributed by atoms with Gasteiger partial charge in [0.2, 0.25) is 0 Å². The van der Waals surface area contributed by atoms with Crippen molar-refractivity contribution < 1.29 is 23.2 Å². The highest BCUT2D eigenvalue weighted by Gasteiger charge is 2.15. The van der Waals surface area contributed by atoms with Gasteiger partial charge in [-0.3, -0.25) is 14.4 Å². The summed E-state index contributed by atoms with van der Waals surface area (Å²) < 4.78 is 27.4. The Morgan fingerprint density at radius 2 is 1.21 bits per heavy atom. The molecule has 5 nitrogen and oxygen atoms in total. The van der Waals surface area contributed by atoms with Crippen LogP contribution in [0.1, 0.15) is 38.0 Å². The Bertz CT molecular complexity index is 1090. The van der Waals surface area contributed by atoms with Crippen molar-refractivity contribution in [3.05, 3.63) is 95.1 Å². The number of ketones is 1. The number of carbonyl (C=O) groups excluding carboxylic acids is 3. The van der Waals surface area contributed by atoms with Gasteiger partial charge in [-0.15, -0.1) is 0 Å². The molecule has 2 N–H and O–H groups in total. The van der Waals surface area contributed by atoms with Crippen LogP contribution in [0.3, 0.4) is 0 Å². The van der Waals surface area contributed by atoms with E-state index < -0.39 is 29.1 Å². The Morgan fingerprint density at radius 1 is 0.690 bits per heavy atom. The zero-order valence-electron chi connectivity index (χ0n) is 15.3. The van der Waals surface area contributed by atoms with Crippen molar-refractivity contribution in [3.63, 3.8) is 0 Å². The molecule has 0 aliphatic carbocycles. The second-order valence-corrected chi connectivity index (χ2v) is 6.22. The molecule has 3 rings (SSSR count). The van der Waals surface area contributed by atoms with E-state index in [9.17, 15) is 23.2 Å². The first-order chi connectivity index (χ1) is 13.8. The number of halogens is 2. The summed E-state index contributed by atoms with van der Waals surface area (Å²) in [7, 11) is 0. The molecule has 0 spiro atoms. The fourth-order valence-electron chi connectivity index (χ4n) is 2.62. The summed E-state index contributed by atoms with van der Waals surface area (Å²) in [6.07, 6.45) is 0. The number of benzene rings is 3. The van der Waals surface area contributed by atoms with E-state index in [4.69, 9.17) is 0 Å². The second kappa shape index (κ2) is 8.43. The van der Waals surface area contributed by atoms with Crippen LogP contribution in [0.2, 0.25) is 0 Å². The molecule has 0 heterocycles. The molecule has 0 atom stereocenters. The second-order valence-electron chi connectivity index (χ2n) is 6.22. The van der Waals surface area contributed by atoms with E-state index in [1.807, 2.05) is 0 Å². The number of carbonyl (C=O) groups is 3. The molecule has 146 valence electrons. The number of nitrogens with one attached hydrogen (secondary N) is 2. The monoisotopic (exact) mass is 394 g/mol. The molecule has 2 amide bonds. The van der Waals surface area contributed by atoms with Crippen LogP contribution < -0.4 is 10.6 Å². The molecule has 0 fully saturated rings. The van der Waals surface area contributed by atoms with Gasteiger partial charge in [-0.05, 0) is 49.4 Å². The highest BCUT2D eigenvalue weighted by Crippen LogP contribution is 2.19. The van der Waals surface area contributed by atoms with Crippen molar-refractivity contribution in [2.45, 2.75) is 6.92 Å². The van der Waals surface area contributed by atoms with Gasteiger partial charge in [-0.2, -0.15) is 0 Å². The summed E-state index contributed by atoms with van der Waals surface area (Å²) in [6.45, 7) is 1.42. The van der Waals surface area contributed by atoms with Crippen molar-refractivity contribution in [3.8, 4) is 0 Å². The maximum absolute atomic E-state index is 13.7. The fraction of sp³-hybridized carbons (Fsp3) is 0.0455. The summed E-state index contributed by atoms with van der Waals surface area (Å²) in [5.74, 6) is -3.21. The van der Waals surface area contributed by atoms with E-state index in [2.05, 4.69) is 10.6 Å². The van der Waals surface area contributed by atoms with Crippen LogP contribution in [0, 0.1) is 11.6 Å². The molecule has 0 aliphatic heterocycles. The fourth-order valence-corrected chi connectivity index (χ4v) is 2.62. The number of rotatable bonds is 5. The van der Waals surface area contributed by atoms with Gasteiger partial charge in [0, 0.05) is 22.4 Å². The van der Waals surface area contributed by atoms with E-state index in [-0.39, 0.29) is 16.9 Å². The summed E-state index contributed by atoms with van der Waals surface area (Å²) in [5.41, 5.74) is 0.528. The summed E-state index contributed by atoms with van der Waals surface area (Å²) in [4.78, 5) is 36.3. The predicted octanol–water partition coefficient (Wildman–Crippen LogP) is 4.67. The Kier molecular flexibility index (Phi) is 5.78. The van der Waals surface area contributed by atoms with Crippen molar-refractivity contribution in [1.29, 1.82) is 0 Å². The zero-order chi connectivity index (χ0) is 21.0. The quantitative estimate of drug-likeness (QED) is 0.618. The molecule has 29 heavy (non-hydrogen) atoms. The lowest BCUT2D eigenvalue weighted by Gasteiger charge is -2.09. The van der Waals surface area contributed by atoms with E-state index >= 15 is 0 Å². The maximum Gasteiger partial charge on any atom is 0.255 e. The number of para-hydroxylation sites is 1. The summed E-state index contributed by atoms with van der Waals surface area (Å²) >= 11 is 0. The van der Waals surface area contributed by atoms with Gasteiger partial charge >= 0.3 is 0 Å². The van der Waals surface area contributed by atoms with Crippen molar-refractivity contribution in [1.82, 2.24) is 0 Å². The van der Waals surface area contributed by atoms with Gasteiger partial charge in [0.25, 0.3) is 11.8 Å². The van der Waals surface area contributed by atoms with Crippen LogP contribution in [-0.2, 0) is 0 Å². The number of Topliss-reactive ketones (excluding diaryl/α,β-unsaturated/α-hetero) is 1. The summed E-state index contributed by atoms with van der Waals surface area (Å²) in [6, 6.07) is 15.4. The van der Waals surface area contributed by atoms with Gasteiger partial charge in [0.1, 0.15) is 17.3 Å². The van der Waals surface area contributed by atoms with Crippen molar-refractivity contribution >= 4 is 29.0 Å². The Labute approximate surface area is 165 Å². The average molecular weight is 394 g/mol. The topological polar surface area (TPSA) is 75.3 Å². The SMILES string of the molecule is CC(=O)c1cccc(NC(=O)c2cccc(C(=O)Nc3c(F)cccc3F)c2)c1. The van der Waals surface area contributed by atoms with Gasteiger partial charge in [-0.1, -0.05) is 24.3 Å². The largest absolute Gasteiger partial charge is 0.322 e. The van der Waals surface area contributed by atoms with Gasteiger partial charge in [0.15, 0.2) is 5.78 Å². The number of hydrogen-bond acceptors (Lipinski definition) is 3. The highest BCUT2D eigenvalue weighted by atomic mass is 19.1. The highest BCUT2D eigenvalue weighted by molar-refractivity contribution is 6.09. The number of anilines is 2. The third-order valence-electron chi connectivity index (χ3n) is 4.12. The molecule has 0 bridgehead atoms. The molecular formula is C22H16F2N2O3. The lowest BCUT2D eigenvalue weighted by atomic mass is 10.1. The van der Waals surface area contributed by atoms with E-state index in [0.29, 0.717) is 11.3 Å². The van der Waals surface area contributed by atoms with Crippen molar-refractivity contribution in [2.75, 3.05) is 10.6 Å². The van der Waals surface area contributed by atoms with Gasteiger partial charge < -0.3 is 10.6 Å². The minimum absolute atomic E-state index is 0.0535. The molecule has 0 unspecified atom stereocenters. The van der Waals surface area contributed by atoms with Crippen LogP contribution in [0.15, 0.2) is 66.7 Å². The molecule has 0 saturated carbocycles. The Hall–Kier alpha value is -3.87. The molecule has 0 radical (unpaired) electrons. The lowest BCUT2D eigenvalue weighted by molar-refractivity contribution is 0.100. The van der Waals surface area contributed by atoms with Crippen LogP contribution in [-0.4, -0.2) is 17.6 Å². The zero-order valence-corrected chi connectivity index (χ0v) is 15.3. The number of hydrogen-bond donors (Lipinski definition) is 2. The van der Waals surface area contributed by atoms with Gasteiger partial charge in [-0.25, -0.2) is 8.78 Å². The molecule has 3 aromatic rings. The first kappa shape index (κ1) is 19.9. The van der Waals surface area contributed by atoms with Crippen LogP contribution >= 0.6 is 0 Å². The Morgan fingerprint density at radius 3 is 1.83 bits per heavy atom. The number of amides is 2. The molecule has 0 aromatic heterocycles. The summed E-state index contributed by atoms with van der Waals surface area (Å²) in [5, 5.41) is 4.82. The van der Waals surface area contributed by atoms with Gasteiger partial charge in [0.05, 0.1) is 0 Å². The molecule has 3 aromatic carbocycles. The minimum atomic E-state index is -0.905. The minimum Gasteiger partial charge on any atom is -0.322 e. The third-order valence-corrected chi connectivity index (χ3v) is 4.12. The molecular weight excluding hydrogens is 378 g/mol. The maximum atomic E-state index is 13.7. The molecule has 0 aliphatic rings. The van der Waals surface area contributed by atoms with Crippen LogP contribution in [0.5, 0.6) is 0 Å². The van der Waals surface area contributed by atoms with Crippen LogP contribution in [0.4, 0.5) is 20.2 Å². The first-order valence-electron chi connectivity index (χ1n) is 8.63. The Balaban J connectivity index is 1.78. The standard InChI is InChI=1S/C22H16F2N2O3/c1-13(27)14-5-3-8-17(12-14)25-21(28)15-6-2-7-16(11-15)22(29)26-20-18(23)9-4-10-19(20)24/h2-12H,1H3,(H,25,28)(H,26,29). The van der Waals surface area contributed by atoms with Crippen LogP contribution in [0.25, 0.3) is 0 Å². The lowest BCUT2D eigenvalue weighted by Crippen LogP contribution is -2.17. The van der Waals surface area contributed by atoms with Crippen molar-refractivity contribution in [2.24, 2.45) is 0 Å². The smallest absolute Gasteiger partial charge is 0.255 e. The van der Waals surface area contributed by atoms with E-state index in [1.54, 1.807) is 18.2 Å². The average Bonchev–Trinajstić information content (AvgIpc) is 2.71. The van der Waals surface area contributed by atoms with E-state index in [1.165, 1.54) is 43.3 Å².